The number of hydrogen-bond donors (Lipinski definition) is 1. The van der Waals surface area contributed by atoms with E-state index in [1.54, 1.807) is 7.11 Å². The average molecular weight is 294 g/mol. The fourth-order valence-corrected chi connectivity index (χ4v) is 2.66. The number of aromatic carboxylic acids is 1. The second-order valence-electron chi connectivity index (χ2n) is 5.15. The summed E-state index contributed by atoms with van der Waals surface area (Å²) in [7, 11) is 1.67. The molecule has 0 saturated carbocycles. The van der Waals surface area contributed by atoms with Gasteiger partial charge in [-0.3, -0.25) is 10.1 Å². The lowest BCUT2D eigenvalue weighted by Gasteiger charge is -2.34. The Bertz CT molecular complexity index is 538. The molecule has 1 aromatic rings. The maximum atomic E-state index is 11.3. The highest BCUT2D eigenvalue weighted by Crippen LogP contribution is 2.29. The Hall–Kier alpha value is -2.15. The largest absolute Gasteiger partial charge is 0.478 e. The number of benzene rings is 1. The monoisotopic (exact) mass is 294 g/mol. The van der Waals surface area contributed by atoms with Gasteiger partial charge in [0.15, 0.2) is 0 Å². The van der Waals surface area contributed by atoms with Gasteiger partial charge in [-0.05, 0) is 24.8 Å². The Balaban J connectivity index is 2.20. The molecule has 0 unspecified atom stereocenters. The molecule has 1 saturated heterocycles. The van der Waals surface area contributed by atoms with Gasteiger partial charge in [-0.1, -0.05) is 0 Å². The van der Waals surface area contributed by atoms with Crippen molar-refractivity contribution in [3.05, 3.63) is 33.9 Å². The molecule has 1 N–H and O–H groups in total. The van der Waals surface area contributed by atoms with Crippen molar-refractivity contribution >= 4 is 17.3 Å². The van der Waals surface area contributed by atoms with Gasteiger partial charge in [0.1, 0.15) is 0 Å². The highest BCUT2D eigenvalue weighted by atomic mass is 16.6. The number of nitro benzene ring substituents is 1. The first-order valence-corrected chi connectivity index (χ1v) is 6.78. The summed E-state index contributed by atoms with van der Waals surface area (Å²) in [5.74, 6) is -0.662. The lowest BCUT2D eigenvalue weighted by Crippen LogP contribution is -2.35. The van der Waals surface area contributed by atoms with Crippen LogP contribution in [0.2, 0.25) is 0 Å². The zero-order valence-corrected chi connectivity index (χ0v) is 11.8. The molecule has 1 aliphatic rings. The van der Waals surface area contributed by atoms with Crippen LogP contribution in [0.3, 0.4) is 0 Å². The predicted octanol–water partition coefficient (Wildman–Crippen LogP) is 2.16. The van der Waals surface area contributed by atoms with E-state index in [2.05, 4.69) is 0 Å². The molecule has 21 heavy (non-hydrogen) atoms. The summed E-state index contributed by atoms with van der Waals surface area (Å²) in [5, 5.41) is 20.0. The summed E-state index contributed by atoms with van der Waals surface area (Å²) in [4.78, 5) is 23.5. The third-order valence-corrected chi connectivity index (χ3v) is 3.78. The normalized spacial score (nSPS) is 16.0. The van der Waals surface area contributed by atoms with Gasteiger partial charge in [-0.2, -0.15) is 0 Å². The van der Waals surface area contributed by atoms with Gasteiger partial charge in [-0.15, -0.1) is 0 Å². The summed E-state index contributed by atoms with van der Waals surface area (Å²) in [6, 6.07) is 4.00. The highest BCUT2D eigenvalue weighted by molar-refractivity contribution is 5.95. The second kappa shape index (κ2) is 6.53. The number of methoxy groups -OCH3 is 1. The minimum atomic E-state index is -1.15. The summed E-state index contributed by atoms with van der Waals surface area (Å²) in [5.41, 5.74) is 0.323. The SMILES string of the molecule is COCC1CCN(c2ccc([N+](=O)[O-])cc2C(=O)O)CC1. The van der Waals surface area contributed by atoms with Gasteiger partial charge in [0.25, 0.3) is 5.69 Å². The van der Waals surface area contributed by atoms with Crippen LogP contribution in [0.1, 0.15) is 23.2 Å². The molecule has 0 spiro atoms. The first kappa shape index (κ1) is 15.2. The van der Waals surface area contributed by atoms with Crippen molar-refractivity contribution in [1.29, 1.82) is 0 Å². The molecule has 0 aromatic heterocycles. The van der Waals surface area contributed by atoms with E-state index in [9.17, 15) is 20.0 Å². The number of non-ortho nitro benzene ring substituents is 1. The molecule has 0 atom stereocenters. The van der Waals surface area contributed by atoms with Crippen LogP contribution >= 0.6 is 0 Å². The molecule has 7 nitrogen and oxygen atoms in total. The summed E-state index contributed by atoms with van der Waals surface area (Å²) in [6.07, 6.45) is 1.84. The summed E-state index contributed by atoms with van der Waals surface area (Å²) < 4.78 is 5.14. The van der Waals surface area contributed by atoms with Crippen LogP contribution in [0.5, 0.6) is 0 Å². The van der Waals surface area contributed by atoms with Crippen LogP contribution in [-0.4, -0.2) is 42.8 Å². The number of rotatable bonds is 5. The number of carbonyl (C=O) groups is 1. The maximum Gasteiger partial charge on any atom is 0.338 e. The number of nitrogens with zero attached hydrogens (tertiary/aromatic N) is 2. The molecular formula is C14H18N2O5. The lowest BCUT2D eigenvalue weighted by molar-refractivity contribution is -0.384. The number of piperidine rings is 1. The zero-order valence-electron chi connectivity index (χ0n) is 11.8. The quantitative estimate of drug-likeness (QED) is 0.660. The lowest BCUT2D eigenvalue weighted by atomic mass is 9.96. The first-order chi connectivity index (χ1) is 10.0. The minimum absolute atomic E-state index is 0.0191. The van der Waals surface area contributed by atoms with Crippen LogP contribution in [0.15, 0.2) is 18.2 Å². The third-order valence-electron chi connectivity index (χ3n) is 3.78. The molecule has 0 radical (unpaired) electrons. The molecule has 1 aromatic carbocycles. The van der Waals surface area contributed by atoms with E-state index in [4.69, 9.17) is 4.74 Å². The van der Waals surface area contributed by atoms with Gasteiger partial charge in [0.05, 0.1) is 16.2 Å². The average Bonchev–Trinajstić information content (AvgIpc) is 2.47. The number of hydrogen-bond acceptors (Lipinski definition) is 5. The minimum Gasteiger partial charge on any atom is -0.478 e. The number of carboxylic acid groups (broad SMARTS) is 1. The van der Waals surface area contributed by atoms with E-state index >= 15 is 0 Å². The van der Waals surface area contributed by atoms with Gasteiger partial charge in [-0.25, -0.2) is 4.79 Å². The second-order valence-corrected chi connectivity index (χ2v) is 5.15. The Morgan fingerprint density at radius 3 is 2.67 bits per heavy atom. The van der Waals surface area contributed by atoms with Crippen molar-refractivity contribution in [2.24, 2.45) is 5.92 Å². The Labute approximate surface area is 122 Å². The third kappa shape index (κ3) is 3.49. The van der Waals surface area contributed by atoms with Crippen LogP contribution in [0, 0.1) is 16.0 Å². The van der Waals surface area contributed by atoms with E-state index in [0.29, 0.717) is 18.2 Å². The molecule has 7 heteroatoms. The molecule has 114 valence electrons. The zero-order chi connectivity index (χ0) is 15.4. The standard InChI is InChI=1S/C14H18N2O5/c1-21-9-10-4-6-15(7-5-10)13-3-2-11(16(19)20)8-12(13)14(17)18/h2-3,8,10H,4-7,9H2,1H3,(H,17,18). The van der Waals surface area contributed by atoms with E-state index in [1.807, 2.05) is 4.90 Å². The molecule has 2 rings (SSSR count). The Kier molecular flexibility index (Phi) is 4.74. The number of anilines is 1. The van der Waals surface area contributed by atoms with E-state index in [1.165, 1.54) is 12.1 Å². The van der Waals surface area contributed by atoms with Gasteiger partial charge < -0.3 is 14.7 Å². The van der Waals surface area contributed by atoms with Crippen LogP contribution < -0.4 is 4.90 Å². The Morgan fingerprint density at radius 2 is 2.14 bits per heavy atom. The molecule has 1 heterocycles. The number of nitro groups is 1. The maximum absolute atomic E-state index is 11.3. The molecule has 0 bridgehead atoms. The van der Waals surface area contributed by atoms with Crippen LogP contribution in [-0.2, 0) is 4.74 Å². The topological polar surface area (TPSA) is 92.9 Å². The van der Waals surface area contributed by atoms with Crippen molar-refractivity contribution < 1.29 is 19.6 Å². The van der Waals surface area contributed by atoms with E-state index in [0.717, 1.165) is 32.0 Å². The summed E-state index contributed by atoms with van der Waals surface area (Å²) >= 11 is 0. The van der Waals surface area contributed by atoms with Crippen molar-refractivity contribution in [1.82, 2.24) is 0 Å². The Morgan fingerprint density at radius 1 is 1.48 bits per heavy atom. The fourth-order valence-electron chi connectivity index (χ4n) is 2.66. The smallest absolute Gasteiger partial charge is 0.338 e. The molecule has 1 fully saturated rings. The summed E-state index contributed by atoms with van der Waals surface area (Å²) in [6.45, 7) is 2.16. The van der Waals surface area contributed by atoms with Gasteiger partial charge in [0, 0.05) is 38.9 Å². The van der Waals surface area contributed by atoms with Gasteiger partial charge in [0.2, 0.25) is 0 Å². The van der Waals surface area contributed by atoms with Gasteiger partial charge >= 0.3 is 5.97 Å². The first-order valence-electron chi connectivity index (χ1n) is 6.78. The molecule has 0 aliphatic carbocycles. The number of carboxylic acids is 1. The number of ether oxygens (including phenoxy) is 1. The van der Waals surface area contributed by atoms with Crippen molar-refractivity contribution in [2.75, 3.05) is 31.7 Å². The van der Waals surface area contributed by atoms with Crippen molar-refractivity contribution in [2.45, 2.75) is 12.8 Å². The molecular weight excluding hydrogens is 276 g/mol. The van der Waals surface area contributed by atoms with E-state index < -0.39 is 10.9 Å². The molecule has 1 aliphatic heterocycles. The van der Waals surface area contributed by atoms with Crippen LogP contribution in [0.4, 0.5) is 11.4 Å². The molecule has 0 amide bonds. The highest BCUT2D eigenvalue weighted by Gasteiger charge is 2.24. The fraction of sp³-hybridized carbons (Fsp3) is 0.500. The van der Waals surface area contributed by atoms with Crippen LogP contribution in [0.25, 0.3) is 0 Å². The van der Waals surface area contributed by atoms with Crippen molar-refractivity contribution in [3.8, 4) is 0 Å². The predicted molar refractivity (Wildman–Crippen MR) is 76.9 cm³/mol. The van der Waals surface area contributed by atoms with Crippen molar-refractivity contribution in [3.63, 3.8) is 0 Å². The van der Waals surface area contributed by atoms with E-state index in [-0.39, 0.29) is 11.3 Å².